The molecule has 27 heavy (non-hydrogen) atoms. The van der Waals surface area contributed by atoms with E-state index in [1.54, 1.807) is 42.5 Å². The van der Waals surface area contributed by atoms with Gasteiger partial charge < -0.3 is 20.8 Å². The number of hydrogen-bond acceptors (Lipinski definition) is 5. The molecular weight excluding hydrogens is 346 g/mol. The van der Waals surface area contributed by atoms with Crippen molar-refractivity contribution >= 4 is 11.8 Å². The van der Waals surface area contributed by atoms with Crippen LogP contribution in [0.1, 0.15) is 32.6 Å². The quantitative estimate of drug-likeness (QED) is 0.520. The second kappa shape index (κ2) is 8.01. The third-order valence-corrected chi connectivity index (χ3v) is 3.83. The lowest BCUT2D eigenvalue weighted by atomic mass is 10.1. The van der Waals surface area contributed by atoms with Crippen LogP contribution in [0.2, 0.25) is 0 Å². The SMILES string of the molecule is O=C(NC(NC(=O)c1ccccc1O)c1ccccn1)c1ccccc1O. The van der Waals surface area contributed by atoms with Crippen molar-refractivity contribution in [2.24, 2.45) is 0 Å². The third kappa shape index (κ3) is 4.21. The van der Waals surface area contributed by atoms with Crippen molar-refractivity contribution in [1.29, 1.82) is 0 Å². The summed E-state index contributed by atoms with van der Waals surface area (Å²) in [6, 6.07) is 17.2. The molecule has 0 aliphatic heterocycles. The van der Waals surface area contributed by atoms with Gasteiger partial charge in [-0.05, 0) is 36.4 Å². The number of aromatic hydroxyl groups is 2. The second-order valence-electron chi connectivity index (χ2n) is 5.67. The number of carbonyl (C=O) groups excluding carboxylic acids is 2. The molecule has 0 radical (unpaired) electrons. The molecule has 2 aromatic carbocycles. The Balaban J connectivity index is 1.86. The van der Waals surface area contributed by atoms with Gasteiger partial charge in [-0.2, -0.15) is 0 Å². The maximum absolute atomic E-state index is 12.5. The van der Waals surface area contributed by atoms with Crippen LogP contribution in [0.15, 0.2) is 72.9 Å². The minimum absolute atomic E-state index is 0.0650. The molecule has 7 heteroatoms. The smallest absolute Gasteiger partial charge is 0.256 e. The fourth-order valence-electron chi connectivity index (χ4n) is 2.48. The average Bonchev–Trinajstić information content (AvgIpc) is 2.68. The van der Waals surface area contributed by atoms with Crippen LogP contribution in [0.4, 0.5) is 0 Å². The summed E-state index contributed by atoms with van der Waals surface area (Å²) in [4.78, 5) is 29.2. The van der Waals surface area contributed by atoms with Gasteiger partial charge in [0.1, 0.15) is 17.7 Å². The Morgan fingerprint density at radius 2 is 1.22 bits per heavy atom. The Morgan fingerprint density at radius 3 is 1.67 bits per heavy atom. The molecule has 0 bridgehead atoms. The highest BCUT2D eigenvalue weighted by atomic mass is 16.3. The Bertz CT molecular complexity index is 901. The highest BCUT2D eigenvalue weighted by Crippen LogP contribution is 2.19. The first-order chi connectivity index (χ1) is 13.1. The molecule has 0 saturated carbocycles. The molecule has 0 saturated heterocycles. The zero-order chi connectivity index (χ0) is 19.2. The number of carbonyl (C=O) groups is 2. The first-order valence-electron chi connectivity index (χ1n) is 8.15. The van der Waals surface area contributed by atoms with Crippen LogP contribution in [0, 0.1) is 0 Å². The van der Waals surface area contributed by atoms with Crippen molar-refractivity contribution in [2.45, 2.75) is 6.17 Å². The number of pyridine rings is 1. The minimum Gasteiger partial charge on any atom is -0.507 e. The summed E-state index contributed by atoms with van der Waals surface area (Å²) < 4.78 is 0. The van der Waals surface area contributed by atoms with Gasteiger partial charge in [0, 0.05) is 6.20 Å². The molecule has 3 aromatic rings. The highest BCUT2D eigenvalue weighted by Gasteiger charge is 2.22. The van der Waals surface area contributed by atoms with Crippen LogP contribution in [0.3, 0.4) is 0 Å². The molecular formula is C20H17N3O4. The predicted molar refractivity (Wildman–Crippen MR) is 98.1 cm³/mol. The maximum Gasteiger partial charge on any atom is 0.256 e. The van der Waals surface area contributed by atoms with E-state index in [0.29, 0.717) is 5.69 Å². The van der Waals surface area contributed by atoms with Gasteiger partial charge in [0.15, 0.2) is 0 Å². The molecule has 0 aliphatic carbocycles. The van der Waals surface area contributed by atoms with Crippen LogP contribution >= 0.6 is 0 Å². The Morgan fingerprint density at radius 1 is 0.741 bits per heavy atom. The van der Waals surface area contributed by atoms with Gasteiger partial charge in [-0.3, -0.25) is 14.6 Å². The van der Waals surface area contributed by atoms with Gasteiger partial charge in [0.05, 0.1) is 16.8 Å². The molecule has 0 aliphatic rings. The zero-order valence-corrected chi connectivity index (χ0v) is 14.2. The number of amides is 2. The molecule has 1 heterocycles. The van der Waals surface area contributed by atoms with Gasteiger partial charge in [0.2, 0.25) is 0 Å². The number of rotatable bonds is 5. The normalized spacial score (nSPS) is 10.4. The van der Waals surface area contributed by atoms with Crippen molar-refractivity contribution in [3.05, 3.63) is 89.7 Å². The lowest BCUT2D eigenvalue weighted by molar-refractivity contribution is 0.0879. The summed E-state index contributed by atoms with van der Waals surface area (Å²) in [5, 5.41) is 25.0. The lowest BCUT2D eigenvalue weighted by Crippen LogP contribution is -2.41. The number of para-hydroxylation sites is 2. The topological polar surface area (TPSA) is 112 Å². The lowest BCUT2D eigenvalue weighted by Gasteiger charge is -2.20. The van der Waals surface area contributed by atoms with E-state index in [0.717, 1.165) is 0 Å². The van der Waals surface area contributed by atoms with E-state index in [1.807, 2.05) is 0 Å². The molecule has 136 valence electrons. The van der Waals surface area contributed by atoms with Gasteiger partial charge in [-0.1, -0.05) is 30.3 Å². The molecule has 0 unspecified atom stereocenters. The molecule has 0 fully saturated rings. The number of nitrogens with zero attached hydrogens (tertiary/aromatic N) is 1. The van der Waals surface area contributed by atoms with Gasteiger partial charge >= 0.3 is 0 Å². The molecule has 7 nitrogen and oxygen atoms in total. The molecule has 0 atom stereocenters. The van der Waals surface area contributed by atoms with Crippen LogP contribution in [-0.2, 0) is 0 Å². The third-order valence-electron chi connectivity index (χ3n) is 3.83. The maximum atomic E-state index is 12.5. The second-order valence-corrected chi connectivity index (χ2v) is 5.67. The summed E-state index contributed by atoms with van der Waals surface area (Å²) in [6.07, 6.45) is 0.561. The Labute approximate surface area is 155 Å². The van der Waals surface area contributed by atoms with Crippen molar-refractivity contribution in [2.75, 3.05) is 0 Å². The molecule has 0 spiro atoms. The van der Waals surface area contributed by atoms with Gasteiger partial charge in [-0.25, -0.2) is 0 Å². The van der Waals surface area contributed by atoms with Gasteiger partial charge in [0.25, 0.3) is 11.8 Å². The van der Waals surface area contributed by atoms with Crippen LogP contribution in [0.5, 0.6) is 11.5 Å². The van der Waals surface area contributed by atoms with Crippen molar-refractivity contribution in [3.63, 3.8) is 0 Å². The van der Waals surface area contributed by atoms with E-state index < -0.39 is 18.0 Å². The molecule has 4 N–H and O–H groups in total. The van der Waals surface area contributed by atoms with Crippen molar-refractivity contribution in [3.8, 4) is 11.5 Å². The summed E-state index contributed by atoms with van der Waals surface area (Å²) in [5.74, 6) is -1.52. The van der Waals surface area contributed by atoms with E-state index in [4.69, 9.17) is 0 Å². The Hall–Kier alpha value is -3.87. The number of phenols is 2. The minimum atomic E-state index is -0.967. The fourth-order valence-corrected chi connectivity index (χ4v) is 2.48. The average molecular weight is 363 g/mol. The highest BCUT2D eigenvalue weighted by molar-refractivity contribution is 5.99. The van der Waals surface area contributed by atoms with E-state index in [9.17, 15) is 19.8 Å². The number of nitrogens with one attached hydrogen (secondary N) is 2. The van der Waals surface area contributed by atoms with E-state index >= 15 is 0 Å². The predicted octanol–water partition coefficient (Wildman–Crippen LogP) is 2.35. The van der Waals surface area contributed by atoms with Crippen molar-refractivity contribution < 1.29 is 19.8 Å². The fraction of sp³-hybridized carbons (Fsp3) is 0.0500. The van der Waals surface area contributed by atoms with E-state index in [-0.39, 0.29) is 22.6 Å². The van der Waals surface area contributed by atoms with Gasteiger partial charge in [-0.15, -0.1) is 0 Å². The van der Waals surface area contributed by atoms with Crippen molar-refractivity contribution in [1.82, 2.24) is 15.6 Å². The standard InChI is InChI=1S/C20H17N3O4/c24-16-10-3-1-7-13(16)19(26)22-18(15-9-5-6-12-21-15)23-20(27)14-8-2-4-11-17(14)25/h1-12,18,24-25H,(H,22,26)(H,23,27). The number of hydrogen-bond donors (Lipinski definition) is 4. The molecule has 3 rings (SSSR count). The summed E-state index contributed by atoms with van der Waals surface area (Å²) >= 11 is 0. The van der Waals surface area contributed by atoms with E-state index in [2.05, 4.69) is 15.6 Å². The first kappa shape index (κ1) is 17.9. The summed E-state index contributed by atoms with van der Waals surface area (Å²) in [7, 11) is 0. The number of benzene rings is 2. The Kier molecular flexibility index (Phi) is 5.32. The first-order valence-corrected chi connectivity index (χ1v) is 8.15. The summed E-state index contributed by atoms with van der Waals surface area (Å²) in [5.41, 5.74) is 0.524. The molecule has 2 amide bonds. The number of aromatic nitrogens is 1. The van der Waals surface area contributed by atoms with Crippen LogP contribution in [-0.4, -0.2) is 27.0 Å². The van der Waals surface area contributed by atoms with Crippen LogP contribution in [0.25, 0.3) is 0 Å². The van der Waals surface area contributed by atoms with E-state index in [1.165, 1.54) is 30.5 Å². The number of phenolic OH excluding ortho intramolecular Hbond substituents is 2. The summed E-state index contributed by atoms with van der Waals surface area (Å²) in [6.45, 7) is 0. The largest absolute Gasteiger partial charge is 0.507 e. The molecule has 1 aromatic heterocycles. The zero-order valence-electron chi connectivity index (χ0n) is 14.2. The monoisotopic (exact) mass is 363 g/mol. The van der Waals surface area contributed by atoms with Crippen LogP contribution < -0.4 is 10.6 Å².